The van der Waals surface area contributed by atoms with Gasteiger partial charge in [-0.05, 0) is 50.5 Å². The molecule has 3 nitrogen and oxygen atoms in total. The number of methoxy groups -OCH3 is 1. The van der Waals surface area contributed by atoms with Crippen LogP contribution in [0, 0.1) is 11.3 Å². The van der Waals surface area contributed by atoms with Gasteiger partial charge in [0, 0.05) is 26.2 Å². The van der Waals surface area contributed by atoms with Gasteiger partial charge < -0.3 is 10.5 Å². The van der Waals surface area contributed by atoms with E-state index in [2.05, 4.69) is 11.8 Å². The van der Waals surface area contributed by atoms with E-state index in [1.54, 1.807) is 7.11 Å². The molecule has 1 unspecified atom stereocenters. The maximum atomic E-state index is 5.88. The Bertz CT molecular complexity index is 224. The molecule has 0 radical (unpaired) electrons. The highest BCUT2D eigenvalue weighted by atomic mass is 16.5. The van der Waals surface area contributed by atoms with Crippen LogP contribution in [0.15, 0.2) is 0 Å². The van der Waals surface area contributed by atoms with Crippen LogP contribution in [0.3, 0.4) is 0 Å². The van der Waals surface area contributed by atoms with Crippen LogP contribution in [0.1, 0.15) is 32.6 Å². The first-order valence-corrected chi connectivity index (χ1v) is 6.64. The molecule has 0 aromatic rings. The van der Waals surface area contributed by atoms with Crippen LogP contribution in [0.4, 0.5) is 0 Å². The molecule has 1 atom stereocenters. The molecule has 0 saturated heterocycles. The number of hydrogen-bond acceptors (Lipinski definition) is 3. The Morgan fingerprint density at radius 2 is 2.12 bits per heavy atom. The van der Waals surface area contributed by atoms with Crippen molar-refractivity contribution in [3.05, 3.63) is 0 Å². The van der Waals surface area contributed by atoms with Crippen molar-refractivity contribution in [1.82, 2.24) is 4.90 Å². The molecule has 0 aromatic heterocycles. The van der Waals surface area contributed by atoms with Gasteiger partial charge in [0.1, 0.15) is 0 Å². The summed E-state index contributed by atoms with van der Waals surface area (Å²) >= 11 is 0. The highest BCUT2D eigenvalue weighted by Gasteiger charge is 2.44. The fraction of sp³-hybridized carbons (Fsp3) is 1.00. The third-order valence-corrected chi connectivity index (χ3v) is 4.39. The SMILES string of the molecule is COCCN(CC1(CN)CC1)C(C)C1CC1. The molecular weight excluding hydrogens is 200 g/mol. The second-order valence-electron chi connectivity index (χ2n) is 5.75. The predicted molar refractivity (Wildman–Crippen MR) is 66.4 cm³/mol. The minimum Gasteiger partial charge on any atom is -0.383 e. The molecule has 0 aromatic carbocycles. The van der Waals surface area contributed by atoms with E-state index >= 15 is 0 Å². The van der Waals surface area contributed by atoms with Crippen molar-refractivity contribution in [2.45, 2.75) is 38.6 Å². The van der Waals surface area contributed by atoms with Gasteiger partial charge in [0.05, 0.1) is 6.61 Å². The second-order valence-corrected chi connectivity index (χ2v) is 5.75. The lowest BCUT2D eigenvalue weighted by atomic mass is 10.0. The van der Waals surface area contributed by atoms with Gasteiger partial charge in [-0.15, -0.1) is 0 Å². The number of nitrogens with two attached hydrogens (primary N) is 1. The number of rotatable bonds is 8. The summed E-state index contributed by atoms with van der Waals surface area (Å²) in [6, 6.07) is 0.721. The Hall–Kier alpha value is -0.120. The number of ether oxygens (including phenoxy) is 1. The molecule has 0 spiro atoms. The molecule has 0 aliphatic heterocycles. The summed E-state index contributed by atoms with van der Waals surface area (Å²) in [5, 5.41) is 0. The fourth-order valence-electron chi connectivity index (χ4n) is 2.55. The summed E-state index contributed by atoms with van der Waals surface area (Å²) in [6.07, 6.45) is 5.48. The van der Waals surface area contributed by atoms with Crippen molar-refractivity contribution < 1.29 is 4.74 Å². The maximum Gasteiger partial charge on any atom is 0.0589 e. The zero-order valence-corrected chi connectivity index (χ0v) is 10.7. The van der Waals surface area contributed by atoms with Gasteiger partial charge in [-0.2, -0.15) is 0 Å². The maximum absolute atomic E-state index is 5.88. The van der Waals surface area contributed by atoms with E-state index in [4.69, 9.17) is 10.5 Å². The molecule has 16 heavy (non-hydrogen) atoms. The van der Waals surface area contributed by atoms with E-state index < -0.39 is 0 Å². The standard InChI is InChI=1S/C13H26N2O/c1-11(12-3-4-12)15(7-8-16-2)10-13(9-14)5-6-13/h11-12H,3-10,14H2,1-2H3. The van der Waals surface area contributed by atoms with Crippen LogP contribution in [-0.4, -0.2) is 44.3 Å². The van der Waals surface area contributed by atoms with E-state index in [0.717, 1.165) is 31.7 Å². The van der Waals surface area contributed by atoms with Crippen LogP contribution in [0.2, 0.25) is 0 Å². The Morgan fingerprint density at radius 1 is 1.44 bits per heavy atom. The second kappa shape index (κ2) is 5.03. The van der Waals surface area contributed by atoms with Crippen LogP contribution in [0.5, 0.6) is 0 Å². The van der Waals surface area contributed by atoms with E-state index in [-0.39, 0.29) is 0 Å². The minimum absolute atomic E-state index is 0.455. The average molecular weight is 226 g/mol. The average Bonchev–Trinajstić information content (AvgIpc) is 3.17. The van der Waals surface area contributed by atoms with Gasteiger partial charge >= 0.3 is 0 Å². The van der Waals surface area contributed by atoms with Crippen molar-refractivity contribution in [1.29, 1.82) is 0 Å². The Kier molecular flexibility index (Phi) is 3.88. The van der Waals surface area contributed by atoms with Gasteiger partial charge in [-0.25, -0.2) is 0 Å². The first-order chi connectivity index (χ1) is 7.71. The van der Waals surface area contributed by atoms with Crippen molar-refractivity contribution in [2.75, 3.05) is 33.4 Å². The van der Waals surface area contributed by atoms with Crippen molar-refractivity contribution >= 4 is 0 Å². The first-order valence-electron chi connectivity index (χ1n) is 6.64. The smallest absolute Gasteiger partial charge is 0.0589 e. The fourth-order valence-corrected chi connectivity index (χ4v) is 2.55. The molecule has 0 bridgehead atoms. The molecule has 2 aliphatic rings. The first kappa shape index (κ1) is 12.3. The Morgan fingerprint density at radius 3 is 2.56 bits per heavy atom. The minimum atomic E-state index is 0.455. The van der Waals surface area contributed by atoms with Crippen molar-refractivity contribution in [3.63, 3.8) is 0 Å². The quantitative estimate of drug-likeness (QED) is 0.681. The van der Waals surface area contributed by atoms with Crippen LogP contribution >= 0.6 is 0 Å². The topological polar surface area (TPSA) is 38.5 Å². The van der Waals surface area contributed by atoms with Gasteiger partial charge in [0.2, 0.25) is 0 Å². The normalized spacial score (nSPS) is 24.8. The molecule has 2 saturated carbocycles. The summed E-state index contributed by atoms with van der Waals surface area (Å²) in [7, 11) is 1.79. The lowest BCUT2D eigenvalue weighted by Crippen LogP contribution is -2.42. The van der Waals surface area contributed by atoms with Crippen LogP contribution in [-0.2, 0) is 4.74 Å². The van der Waals surface area contributed by atoms with Crippen molar-refractivity contribution in [3.8, 4) is 0 Å². The van der Waals surface area contributed by atoms with E-state index in [9.17, 15) is 0 Å². The predicted octanol–water partition coefficient (Wildman–Crippen LogP) is 1.47. The van der Waals surface area contributed by atoms with E-state index in [0.29, 0.717) is 5.41 Å². The van der Waals surface area contributed by atoms with E-state index in [1.165, 1.54) is 32.2 Å². The Balaban J connectivity index is 1.85. The summed E-state index contributed by atoms with van der Waals surface area (Å²) in [4.78, 5) is 2.61. The number of hydrogen-bond donors (Lipinski definition) is 1. The molecule has 2 aliphatic carbocycles. The lowest BCUT2D eigenvalue weighted by molar-refractivity contribution is 0.0998. The zero-order valence-electron chi connectivity index (χ0n) is 10.7. The Labute approximate surface area is 99.3 Å². The van der Waals surface area contributed by atoms with Gasteiger partial charge in [0.25, 0.3) is 0 Å². The summed E-state index contributed by atoms with van der Waals surface area (Å²) in [5.41, 5.74) is 6.33. The lowest BCUT2D eigenvalue weighted by Gasteiger charge is -2.32. The molecule has 2 fully saturated rings. The van der Waals surface area contributed by atoms with Crippen molar-refractivity contribution in [2.24, 2.45) is 17.1 Å². The molecular formula is C13H26N2O. The highest BCUT2D eigenvalue weighted by molar-refractivity contribution is 4.98. The molecule has 0 heterocycles. The third kappa shape index (κ3) is 2.96. The third-order valence-electron chi connectivity index (χ3n) is 4.39. The van der Waals surface area contributed by atoms with E-state index in [1.807, 2.05) is 0 Å². The van der Waals surface area contributed by atoms with Crippen LogP contribution in [0.25, 0.3) is 0 Å². The molecule has 2 rings (SSSR count). The zero-order chi connectivity index (χ0) is 11.6. The number of nitrogens with zero attached hydrogens (tertiary/aromatic N) is 1. The summed E-state index contributed by atoms with van der Waals surface area (Å²) in [5.74, 6) is 0.936. The van der Waals surface area contributed by atoms with Gasteiger partial charge in [-0.3, -0.25) is 4.90 Å². The largest absolute Gasteiger partial charge is 0.383 e. The monoisotopic (exact) mass is 226 g/mol. The molecule has 0 amide bonds. The summed E-state index contributed by atoms with van der Waals surface area (Å²) in [6.45, 7) is 6.33. The molecule has 3 heteroatoms. The highest BCUT2D eigenvalue weighted by Crippen LogP contribution is 2.46. The van der Waals surface area contributed by atoms with Crippen LogP contribution < -0.4 is 5.73 Å². The van der Waals surface area contributed by atoms with Gasteiger partial charge in [0.15, 0.2) is 0 Å². The molecule has 94 valence electrons. The molecule has 2 N–H and O–H groups in total. The summed E-state index contributed by atoms with van der Waals surface area (Å²) < 4.78 is 5.22. The van der Waals surface area contributed by atoms with Gasteiger partial charge in [-0.1, -0.05) is 0 Å².